The Labute approximate surface area is 241 Å². The fourth-order valence-corrected chi connectivity index (χ4v) is 5.23. The summed E-state index contributed by atoms with van der Waals surface area (Å²) in [4.78, 5) is 42.6. The maximum absolute atomic E-state index is 12.5. The molecule has 3 aromatic rings. The lowest BCUT2D eigenvalue weighted by atomic mass is 9.96. The van der Waals surface area contributed by atoms with Crippen molar-refractivity contribution < 1.29 is 14.3 Å². The zero-order chi connectivity index (χ0) is 29.0. The lowest BCUT2D eigenvalue weighted by molar-refractivity contribution is 0.0240. The van der Waals surface area contributed by atoms with E-state index in [1.165, 1.54) is 6.42 Å². The van der Waals surface area contributed by atoms with Gasteiger partial charge >= 0.3 is 12.1 Å². The Morgan fingerprint density at radius 3 is 2.37 bits per heavy atom. The first-order valence-electron chi connectivity index (χ1n) is 14.4. The molecular weight excluding hydrogens is 520 g/mol. The van der Waals surface area contributed by atoms with Crippen LogP contribution in [0.5, 0.6) is 0 Å². The summed E-state index contributed by atoms with van der Waals surface area (Å²) in [5.74, 6) is 0.885. The highest BCUT2D eigenvalue weighted by atomic mass is 16.6. The summed E-state index contributed by atoms with van der Waals surface area (Å²) >= 11 is 0. The molecule has 1 aliphatic heterocycles. The second-order valence-corrected chi connectivity index (χ2v) is 11.8. The molecule has 2 aliphatic rings. The molecule has 0 atom stereocenters. The number of fused-ring (bicyclic) bond motifs is 1. The Morgan fingerprint density at radius 1 is 0.976 bits per heavy atom. The van der Waals surface area contributed by atoms with Crippen LogP contribution in [0, 0.1) is 6.92 Å². The third kappa shape index (κ3) is 7.53. The van der Waals surface area contributed by atoms with Crippen molar-refractivity contribution in [3.63, 3.8) is 0 Å². The molecule has 2 fully saturated rings. The molecular formula is C30H40N8O3. The van der Waals surface area contributed by atoms with Crippen molar-refractivity contribution in [2.75, 3.05) is 41.7 Å². The van der Waals surface area contributed by atoms with Gasteiger partial charge in [-0.05, 0) is 76.4 Å². The van der Waals surface area contributed by atoms with Crippen LogP contribution in [0.25, 0.3) is 11.0 Å². The Kier molecular flexibility index (Phi) is 8.41. The number of aryl methyl sites for hydroxylation is 1. The number of amides is 3. The van der Waals surface area contributed by atoms with Crippen LogP contribution in [0.1, 0.15) is 58.4 Å². The van der Waals surface area contributed by atoms with Gasteiger partial charge in [0.25, 0.3) is 0 Å². The average Bonchev–Trinajstić information content (AvgIpc) is 2.93. The number of hydrogen-bond acceptors (Lipinski definition) is 8. The molecule has 1 aliphatic carbocycles. The molecule has 0 radical (unpaired) electrons. The summed E-state index contributed by atoms with van der Waals surface area (Å²) in [6.07, 6.45) is 7.07. The molecule has 1 saturated carbocycles. The van der Waals surface area contributed by atoms with E-state index in [4.69, 9.17) is 4.74 Å². The van der Waals surface area contributed by atoms with Crippen molar-refractivity contribution in [3.8, 4) is 0 Å². The molecule has 0 bridgehead atoms. The maximum atomic E-state index is 12.5. The molecule has 5 rings (SSSR count). The number of hydrogen-bond donors (Lipinski definition) is 3. The Hall–Kier alpha value is -4.15. The van der Waals surface area contributed by atoms with Crippen molar-refractivity contribution in [2.45, 2.75) is 71.4 Å². The third-order valence-electron chi connectivity index (χ3n) is 7.38. The van der Waals surface area contributed by atoms with Gasteiger partial charge in [-0.15, -0.1) is 0 Å². The average molecular weight is 561 g/mol. The van der Waals surface area contributed by atoms with Gasteiger partial charge in [-0.25, -0.2) is 19.6 Å². The number of rotatable bonds is 5. The van der Waals surface area contributed by atoms with Crippen molar-refractivity contribution in [1.82, 2.24) is 25.2 Å². The number of ether oxygens (including phenoxy) is 1. The van der Waals surface area contributed by atoms with Crippen LogP contribution in [-0.4, -0.2) is 69.8 Å². The van der Waals surface area contributed by atoms with Crippen LogP contribution >= 0.6 is 0 Å². The van der Waals surface area contributed by atoms with E-state index >= 15 is 0 Å². The zero-order valence-electron chi connectivity index (χ0n) is 24.4. The van der Waals surface area contributed by atoms with E-state index in [1.54, 1.807) is 11.1 Å². The number of urea groups is 1. The molecule has 1 saturated heterocycles. The van der Waals surface area contributed by atoms with Crippen LogP contribution in [0.4, 0.5) is 32.7 Å². The first kappa shape index (κ1) is 28.4. The lowest BCUT2D eigenvalue weighted by Gasteiger charge is -2.36. The minimum atomic E-state index is -0.495. The van der Waals surface area contributed by atoms with Crippen LogP contribution in [0.2, 0.25) is 0 Å². The number of carbonyl (C=O) groups excluding carboxylic acids is 2. The van der Waals surface area contributed by atoms with Crippen molar-refractivity contribution in [2.24, 2.45) is 0 Å². The number of nitrogens with one attached hydrogen (secondary N) is 3. The molecule has 3 heterocycles. The second-order valence-electron chi connectivity index (χ2n) is 11.8. The van der Waals surface area contributed by atoms with E-state index in [2.05, 4.69) is 35.8 Å². The van der Waals surface area contributed by atoms with Crippen LogP contribution in [0.15, 0.2) is 36.5 Å². The Morgan fingerprint density at radius 2 is 1.68 bits per heavy atom. The van der Waals surface area contributed by atoms with Gasteiger partial charge in [0, 0.05) is 55.2 Å². The van der Waals surface area contributed by atoms with Crippen molar-refractivity contribution >= 4 is 46.3 Å². The zero-order valence-corrected chi connectivity index (χ0v) is 24.4. The van der Waals surface area contributed by atoms with E-state index in [0.717, 1.165) is 61.1 Å². The van der Waals surface area contributed by atoms with Crippen LogP contribution in [-0.2, 0) is 4.74 Å². The largest absolute Gasteiger partial charge is 0.444 e. The second kappa shape index (κ2) is 12.2. The minimum absolute atomic E-state index is 0.219. The van der Waals surface area contributed by atoms with Crippen LogP contribution < -0.4 is 20.9 Å². The van der Waals surface area contributed by atoms with Crippen LogP contribution in [0.3, 0.4) is 0 Å². The predicted octanol–water partition coefficient (Wildman–Crippen LogP) is 5.59. The highest BCUT2D eigenvalue weighted by Gasteiger charge is 2.26. The Bertz CT molecular complexity index is 1370. The number of pyridine rings is 1. The Balaban J connectivity index is 1.19. The van der Waals surface area contributed by atoms with Gasteiger partial charge in [-0.1, -0.05) is 19.3 Å². The van der Waals surface area contributed by atoms with Gasteiger partial charge in [-0.3, -0.25) is 5.32 Å². The standard InChI is InChI=1S/C30H40N8O3/c1-20-18-25(35-28(39)33-21-8-6-5-7-9-21)34-26-24(20)19-31-27(36-26)32-22-10-12-23(13-11-22)37-14-16-38(17-15-37)29(40)41-30(2,3)4/h10-13,18-19,21H,5-9,14-17H2,1-4H3,(H3,31,32,33,34,35,36,39). The molecule has 1 aromatic carbocycles. The molecule has 11 heteroatoms. The lowest BCUT2D eigenvalue weighted by Crippen LogP contribution is -2.50. The summed E-state index contributed by atoms with van der Waals surface area (Å²) in [7, 11) is 0. The van der Waals surface area contributed by atoms with Gasteiger partial charge in [0.15, 0.2) is 5.65 Å². The SMILES string of the molecule is Cc1cc(NC(=O)NC2CCCCC2)nc2nc(Nc3ccc(N4CCN(C(=O)OC(C)(C)C)CC4)cc3)ncc12. The van der Waals surface area contributed by atoms with E-state index in [1.807, 2.05) is 58.0 Å². The van der Waals surface area contributed by atoms with Gasteiger partial charge < -0.3 is 25.2 Å². The number of nitrogens with zero attached hydrogens (tertiary/aromatic N) is 5. The highest BCUT2D eigenvalue weighted by Crippen LogP contribution is 2.24. The smallest absolute Gasteiger partial charge is 0.410 e. The van der Waals surface area contributed by atoms with E-state index < -0.39 is 5.60 Å². The summed E-state index contributed by atoms with van der Waals surface area (Å²) in [6, 6.07) is 9.87. The normalized spacial score (nSPS) is 16.4. The van der Waals surface area contributed by atoms with Gasteiger partial charge in [0.1, 0.15) is 11.4 Å². The van der Waals surface area contributed by atoms with Gasteiger partial charge in [0.05, 0.1) is 0 Å². The van der Waals surface area contributed by atoms with Gasteiger partial charge in [0.2, 0.25) is 5.95 Å². The first-order valence-corrected chi connectivity index (χ1v) is 14.4. The summed E-state index contributed by atoms with van der Waals surface area (Å²) in [5.41, 5.74) is 2.88. The highest BCUT2D eigenvalue weighted by molar-refractivity contribution is 5.90. The van der Waals surface area contributed by atoms with E-state index in [9.17, 15) is 9.59 Å². The topological polar surface area (TPSA) is 125 Å². The molecule has 11 nitrogen and oxygen atoms in total. The van der Waals surface area contributed by atoms with Gasteiger partial charge in [-0.2, -0.15) is 4.98 Å². The molecule has 0 spiro atoms. The monoisotopic (exact) mass is 560 g/mol. The predicted molar refractivity (Wildman–Crippen MR) is 161 cm³/mol. The summed E-state index contributed by atoms with van der Waals surface area (Å²) < 4.78 is 5.50. The number of piperazine rings is 1. The number of aromatic nitrogens is 3. The molecule has 2 aromatic heterocycles. The maximum Gasteiger partial charge on any atom is 0.410 e. The quantitative estimate of drug-likeness (QED) is 0.369. The molecule has 41 heavy (non-hydrogen) atoms. The molecule has 0 unspecified atom stereocenters. The number of anilines is 4. The molecule has 3 N–H and O–H groups in total. The first-order chi connectivity index (χ1) is 19.6. The summed E-state index contributed by atoms with van der Waals surface area (Å²) in [5, 5.41) is 10.0. The number of benzene rings is 1. The fourth-order valence-electron chi connectivity index (χ4n) is 5.23. The van der Waals surface area contributed by atoms with E-state index in [-0.39, 0.29) is 18.2 Å². The van der Waals surface area contributed by atoms with Crippen molar-refractivity contribution in [1.29, 1.82) is 0 Å². The molecule has 3 amide bonds. The van der Waals surface area contributed by atoms with E-state index in [0.29, 0.717) is 30.5 Å². The third-order valence-corrected chi connectivity index (χ3v) is 7.38. The fraction of sp³-hybridized carbons (Fsp3) is 0.500. The molecule has 218 valence electrons. The van der Waals surface area contributed by atoms with Crippen molar-refractivity contribution in [3.05, 3.63) is 42.1 Å². The minimum Gasteiger partial charge on any atom is -0.444 e. The number of carbonyl (C=O) groups is 2. The summed E-state index contributed by atoms with van der Waals surface area (Å²) in [6.45, 7) is 10.3.